The number of fused-ring (bicyclic) bond motifs is 2. The number of benzene rings is 1. The topological polar surface area (TPSA) is 47.6 Å². The Balaban J connectivity index is 1.71. The number of ether oxygens (including phenoxy) is 2. The van der Waals surface area contributed by atoms with Crippen LogP contribution in [0, 0.1) is 23.2 Å². The van der Waals surface area contributed by atoms with Gasteiger partial charge in [-0.15, -0.1) is 0 Å². The predicted molar refractivity (Wildman–Crippen MR) is 104 cm³/mol. The highest BCUT2D eigenvalue weighted by Gasteiger charge is 2.53. The molecule has 1 saturated heterocycles. The fourth-order valence-corrected chi connectivity index (χ4v) is 4.81. The third-order valence-electron chi connectivity index (χ3n) is 6.42. The molecule has 1 fully saturated rings. The first-order valence-electron chi connectivity index (χ1n) is 9.76. The van der Waals surface area contributed by atoms with E-state index in [0.717, 1.165) is 18.5 Å². The lowest BCUT2D eigenvalue weighted by molar-refractivity contribution is -0.164. The van der Waals surface area contributed by atoms with E-state index in [0.29, 0.717) is 31.0 Å². The van der Waals surface area contributed by atoms with E-state index in [1.165, 1.54) is 5.57 Å². The zero-order chi connectivity index (χ0) is 18.7. The minimum Gasteiger partial charge on any atom is -0.449 e. The molecule has 26 heavy (non-hydrogen) atoms. The maximum atomic E-state index is 12.3. The molecule has 0 radical (unpaired) electrons. The van der Waals surface area contributed by atoms with Crippen molar-refractivity contribution in [3.63, 3.8) is 0 Å². The molecule has 2 bridgehead atoms. The van der Waals surface area contributed by atoms with Crippen LogP contribution >= 0.6 is 0 Å². The molecule has 142 valence electrons. The van der Waals surface area contributed by atoms with Crippen molar-refractivity contribution in [3.8, 4) is 0 Å². The van der Waals surface area contributed by atoms with E-state index in [4.69, 9.17) is 9.47 Å². The van der Waals surface area contributed by atoms with Gasteiger partial charge >= 0.3 is 6.09 Å². The fraction of sp³-hybridized carbons (Fsp3) is 0.591. The Morgan fingerprint density at radius 2 is 2.04 bits per heavy atom. The third kappa shape index (κ3) is 3.52. The first-order chi connectivity index (χ1) is 12.5. The van der Waals surface area contributed by atoms with Crippen molar-refractivity contribution in [3.05, 3.63) is 42.0 Å². The highest BCUT2D eigenvalue weighted by molar-refractivity contribution is 5.84. The zero-order valence-corrected chi connectivity index (χ0v) is 16.3. The lowest BCUT2D eigenvalue weighted by Gasteiger charge is -2.55. The predicted octanol–water partition coefficient (Wildman–Crippen LogP) is 5.27. The van der Waals surface area contributed by atoms with Crippen molar-refractivity contribution in [1.82, 2.24) is 0 Å². The number of nitrogens with one attached hydrogen (secondary N) is 1. The molecule has 3 unspecified atom stereocenters. The molecule has 1 amide bonds. The molecule has 1 heterocycles. The second-order valence-corrected chi connectivity index (χ2v) is 7.95. The van der Waals surface area contributed by atoms with Gasteiger partial charge in [0.15, 0.2) is 0 Å². The van der Waals surface area contributed by atoms with E-state index in [9.17, 15) is 4.79 Å². The molecule has 0 spiro atoms. The van der Waals surface area contributed by atoms with Gasteiger partial charge in [0.2, 0.25) is 0 Å². The van der Waals surface area contributed by atoms with E-state index in [1.54, 1.807) is 0 Å². The summed E-state index contributed by atoms with van der Waals surface area (Å²) in [6.45, 7) is 9.99. The lowest BCUT2D eigenvalue weighted by atomic mass is 9.56. The van der Waals surface area contributed by atoms with Crippen LogP contribution in [-0.4, -0.2) is 25.4 Å². The molecule has 0 aromatic heterocycles. The number of anilines is 1. The maximum Gasteiger partial charge on any atom is 0.411 e. The molecule has 1 aliphatic heterocycles. The van der Waals surface area contributed by atoms with E-state index in [-0.39, 0.29) is 11.5 Å². The van der Waals surface area contributed by atoms with Crippen molar-refractivity contribution in [2.75, 3.05) is 18.5 Å². The van der Waals surface area contributed by atoms with Gasteiger partial charge in [-0.3, -0.25) is 5.32 Å². The van der Waals surface area contributed by atoms with Crippen LogP contribution in [0.1, 0.15) is 40.5 Å². The van der Waals surface area contributed by atoms with Crippen LogP contribution in [-0.2, 0) is 9.47 Å². The second-order valence-electron chi connectivity index (χ2n) is 7.95. The minimum absolute atomic E-state index is 0.150. The van der Waals surface area contributed by atoms with Crippen LogP contribution in [0.15, 0.2) is 42.0 Å². The molecule has 1 aromatic rings. The minimum atomic E-state index is -0.400. The molecule has 4 nitrogen and oxygen atoms in total. The molecule has 3 rings (SSSR count). The SMILES string of the molecule is CCCC1OC[C@@]2(COC(=O)Nc3ccccc3)C(C)C=C(C)C1[C@H]2C. The summed E-state index contributed by atoms with van der Waals surface area (Å²) in [6.07, 6.45) is 4.46. The van der Waals surface area contributed by atoms with Crippen molar-refractivity contribution in [2.24, 2.45) is 23.2 Å². The Kier molecular flexibility index (Phi) is 5.71. The van der Waals surface area contributed by atoms with Crippen LogP contribution < -0.4 is 5.32 Å². The molecule has 1 aliphatic carbocycles. The number of allylic oxidation sites excluding steroid dienone is 1. The second kappa shape index (κ2) is 7.83. The maximum absolute atomic E-state index is 12.3. The normalized spacial score (nSPS) is 33.3. The van der Waals surface area contributed by atoms with Gasteiger partial charge in [-0.1, -0.05) is 57.0 Å². The molecular formula is C22H31NO3. The average Bonchev–Trinajstić information content (AvgIpc) is 2.61. The first-order valence-corrected chi connectivity index (χ1v) is 9.76. The Morgan fingerprint density at radius 1 is 1.31 bits per heavy atom. The monoisotopic (exact) mass is 357 g/mol. The first kappa shape index (κ1) is 19.0. The van der Waals surface area contributed by atoms with Crippen molar-refractivity contribution in [1.29, 1.82) is 0 Å². The van der Waals surface area contributed by atoms with Crippen LogP contribution in [0.5, 0.6) is 0 Å². The summed E-state index contributed by atoms with van der Waals surface area (Å²) < 4.78 is 12.0. The summed E-state index contributed by atoms with van der Waals surface area (Å²) >= 11 is 0. The van der Waals surface area contributed by atoms with Gasteiger partial charge in [0.1, 0.15) is 6.61 Å². The fourth-order valence-electron chi connectivity index (χ4n) is 4.81. The summed E-state index contributed by atoms with van der Waals surface area (Å²) in [5.41, 5.74) is 2.02. The number of hydrogen-bond donors (Lipinski definition) is 1. The number of carbonyl (C=O) groups excluding carboxylic acids is 1. The molecule has 2 aliphatic rings. The van der Waals surface area contributed by atoms with Crippen molar-refractivity contribution >= 4 is 11.8 Å². The summed E-state index contributed by atoms with van der Waals surface area (Å²) in [6, 6.07) is 9.40. The number of hydrogen-bond acceptors (Lipinski definition) is 3. The van der Waals surface area contributed by atoms with Gasteiger partial charge in [-0.2, -0.15) is 0 Å². The highest BCUT2D eigenvalue weighted by atomic mass is 16.6. The van der Waals surface area contributed by atoms with E-state index in [1.807, 2.05) is 30.3 Å². The van der Waals surface area contributed by atoms with Gasteiger partial charge in [-0.25, -0.2) is 4.79 Å². The van der Waals surface area contributed by atoms with Crippen molar-refractivity contribution < 1.29 is 14.3 Å². The van der Waals surface area contributed by atoms with Crippen LogP contribution in [0.25, 0.3) is 0 Å². The molecule has 1 aromatic carbocycles. The summed E-state index contributed by atoms with van der Waals surface area (Å²) in [4.78, 5) is 12.3. The Hall–Kier alpha value is -1.81. The molecule has 5 atom stereocenters. The standard InChI is InChI=1S/C22H31NO3/c1-5-9-19-20-15(2)12-16(3)22(13-25-19,17(20)4)14-26-21(24)23-18-10-7-6-8-11-18/h6-8,10-12,16-17,19-20H,5,9,13-14H2,1-4H3,(H,23,24)/t16?,17-,19?,20?,22-/m1/s1. The lowest BCUT2D eigenvalue weighted by Crippen LogP contribution is -2.56. The Bertz CT molecular complexity index is 657. The quantitative estimate of drug-likeness (QED) is 0.730. The van der Waals surface area contributed by atoms with Gasteiger partial charge < -0.3 is 9.47 Å². The van der Waals surface area contributed by atoms with Gasteiger partial charge in [0.05, 0.1) is 12.7 Å². The third-order valence-corrected chi connectivity index (χ3v) is 6.42. The summed E-state index contributed by atoms with van der Waals surface area (Å²) in [7, 11) is 0. The number of carbonyl (C=O) groups is 1. The smallest absolute Gasteiger partial charge is 0.411 e. The Labute approximate surface area is 157 Å². The van der Waals surface area contributed by atoms with E-state index >= 15 is 0 Å². The molecular weight excluding hydrogens is 326 g/mol. The number of amides is 1. The van der Waals surface area contributed by atoms with Gasteiger partial charge in [0.25, 0.3) is 0 Å². The number of para-hydroxylation sites is 1. The van der Waals surface area contributed by atoms with E-state index < -0.39 is 6.09 Å². The largest absolute Gasteiger partial charge is 0.449 e. The van der Waals surface area contributed by atoms with Crippen LogP contribution in [0.4, 0.5) is 10.5 Å². The Morgan fingerprint density at radius 3 is 2.73 bits per heavy atom. The van der Waals surface area contributed by atoms with Gasteiger partial charge in [0, 0.05) is 17.0 Å². The highest BCUT2D eigenvalue weighted by Crippen LogP contribution is 2.53. The van der Waals surface area contributed by atoms with Crippen molar-refractivity contribution in [2.45, 2.75) is 46.6 Å². The molecule has 0 saturated carbocycles. The number of rotatable bonds is 5. The zero-order valence-electron chi connectivity index (χ0n) is 16.3. The molecule has 1 N–H and O–H groups in total. The summed E-state index contributed by atoms with van der Waals surface area (Å²) in [5, 5.41) is 2.80. The van der Waals surface area contributed by atoms with Crippen LogP contribution in [0.2, 0.25) is 0 Å². The average molecular weight is 357 g/mol. The summed E-state index contributed by atoms with van der Waals surface area (Å²) in [5.74, 6) is 1.17. The molecule has 4 heteroatoms. The van der Waals surface area contributed by atoms with E-state index in [2.05, 4.69) is 39.1 Å². The van der Waals surface area contributed by atoms with Crippen LogP contribution in [0.3, 0.4) is 0 Å². The van der Waals surface area contributed by atoms with Gasteiger partial charge in [-0.05, 0) is 37.3 Å².